The zero-order valence-electron chi connectivity index (χ0n) is 12.0. The lowest BCUT2D eigenvalue weighted by Gasteiger charge is -2.01. The molecule has 1 aromatic carbocycles. The van der Waals surface area contributed by atoms with Crippen LogP contribution < -0.4 is 0 Å². The van der Waals surface area contributed by atoms with Gasteiger partial charge in [0.05, 0.1) is 5.52 Å². The maximum absolute atomic E-state index is 10.4. The Balaban J connectivity index is 2.19. The third kappa shape index (κ3) is 3.81. The number of fused-ring (bicyclic) bond motifs is 1. The predicted molar refractivity (Wildman–Crippen MR) is 80.4 cm³/mol. The lowest BCUT2D eigenvalue weighted by atomic mass is 10.0. The fraction of sp³-hybridized carbons (Fsp3) is 0.400. The van der Waals surface area contributed by atoms with Gasteiger partial charge in [-0.15, -0.1) is 5.11 Å². The number of nitrogens with zero attached hydrogens (tertiary/aromatic N) is 2. The number of rotatable bonds is 6. The highest BCUT2D eigenvalue weighted by Crippen LogP contribution is 2.36. The van der Waals surface area contributed by atoms with Gasteiger partial charge in [0.15, 0.2) is 5.69 Å². The van der Waals surface area contributed by atoms with Crippen LogP contribution in [0.2, 0.25) is 0 Å². The van der Waals surface area contributed by atoms with Crippen molar-refractivity contribution in [3.63, 3.8) is 0 Å². The van der Waals surface area contributed by atoms with E-state index in [2.05, 4.69) is 22.1 Å². The van der Waals surface area contributed by atoms with E-state index in [0.717, 1.165) is 18.4 Å². The predicted octanol–water partition coefficient (Wildman–Crippen LogP) is 4.76. The second-order valence-electron chi connectivity index (χ2n) is 5.00. The SMILES string of the molecule is CCCCCCc1ccc2c(N=NC(=O)O)c(O)[nH]c2c1. The van der Waals surface area contributed by atoms with Crippen LogP contribution in [0.25, 0.3) is 10.9 Å². The molecule has 1 amide bonds. The molecule has 0 spiro atoms. The number of carboxylic acid groups (broad SMARTS) is 1. The van der Waals surface area contributed by atoms with Gasteiger partial charge in [-0.3, -0.25) is 0 Å². The third-order valence-corrected chi connectivity index (χ3v) is 3.37. The van der Waals surface area contributed by atoms with Gasteiger partial charge in [-0.1, -0.05) is 43.4 Å². The number of azo groups is 1. The summed E-state index contributed by atoms with van der Waals surface area (Å²) in [5, 5.41) is 25.5. The lowest BCUT2D eigenvalue weighted by molar-refractivity contribution is 0.204. The standard InChI is InChI=1S/C15H19N3O3/c1-2-3-4-5-6-10-7-8-11-12(9-10)16-14(19)13(11)17-18-15(20)21/h7-9,16,19H,2-6H2,1H3,(H,20,21). The Bertz CT molecular complexity index is 661. The van der Waals surface area contributed by atoms with Gasteiger partial charge in [-0.25, -0.2) is 4.79 Å². The highest BCUT2D eigenvalue weighted by Gasteiger charge is 2.11. The van der Waals surface area contributed by atoms with Crippen LogP contribution in [0.3, 0.4) is 0 Å². The van der Waals surface area contributed by atoms with Crippen molar-refractivity contribution in [2.24, 2.45) is 10.2 Å². The second kappa shape index (κ2) is 6.88. The Morgan fingerprint density at radius 3 is 2.81 bits per heavy atom. The van der Waals surface area contributed by atoms with Crippen LogP contribution in [0.4, 0.5) is 10.5 Å². The minimum Gasteiger partial charge on any atom is -0.493 e. The quantitative estimate of drug-likeness (QED) is 0.528. The summed E-state index contributed by atoms with van der Waals surface area (Å²) in [6.07, 6.45) is 4.39. The number of aromatic hydroxyl groups is 1. The average Bonchev–Trinajstić information content (AvgIpc) is 2.76. The second-order valence-corrected chi connectivity index (χ2v) is 5.00. The normalized spacial score (nSPS) is 11.5. The first-order chi connectivity index (χ1) is 10.1. The number of unbranched alkanes of at least 4 members (excludes halogenated alkanes) is 3. The molecule has 1 heterocycles. The van der Waals surface area contributed by atoms with Gasteiger partial charge in [-0.05, 0) is 24.5 Å². The molecule has 0 aliphatic carbocycles. The topological polar surface area (TPSA) is 98.0 Å². The molecule has 0 radical (unpaired) electrons. The summed E-state index contributed by atoms with van der Waals surface area (Å²) in [6, 6.07) is 5.76. The first kappa shape index (κ1) is 15.0. The Morgan fingerprint density at radius 1 is 1.29 bits per heavy atom. The van der Waals surface area contributed by atoms with E-state index in [1.807, 2.05) is 18.2 Å². The number of amides is 1. The molecule has 1 aromatic heterocycles. The number of benzene rings is 1. The van der Waals surface area contributed by atoms with Gasteiger partial charge in [0, 0.05) is 5.39 Å². The van der Waals surface area contributed by atoms with Crippen molar-refractivity contribution in [1.29, 1.82) is 0 Å². The molecule has 0 aliphatic heterocycles. The van der Waals surface area contributed by atoms with E-state index in [1.54, 1.807) is 0 Å². The smallest absolute Gasteiger partial charge is 0.449 e. The van der Waals surface area contributed by atoms with Crippen LogP contribution in [0.1, 0.15) is 38.2 Å². The van der Waals surface area contributed by atoms with Crippen molar-refractivity contribution in [3.8, 4) is 5.88 Å². The summed E-state index contributed by atoms with van der Waals surface area (Å²) >= 11 is 0. The van der Waals surface area contributed by atoms with Crippen molar-refractivity contribution in [2.75, 3.05) is 0 Å². The fourth-order valence-corrected chi connectivity index (χ4v) is 2.32. The van der Waals surface area contributed by atoms with E-state index in [4.69, 9.17) is 5.11 Å². The van der Waals surface area contributed by atoms with Gasteiger partial charge in [0.1, 0.15) is 0 Å². The van der Waals surface area contributed by atoms with E-state index in [9.17, 15) is 9.90 Å². The van der Waals surface area contributed by atoms with Crippen LogP contribution in [0, 0.1) is 0 Å². The van der Waals surface area contributed by atoms with E-state index < -0.39 is 6.09 Å². The van der Waals surface area contributed by atoms with Crippen LogP contribution in [-0.4, -0.2) is 21.3 Å². The molecule has 0 saturated heterocycles. The number of nitrogens with one attached hydrogen (secondary N) is 1. The number of aromatic nitrogens is 1. The summed E-state index contributed by atoms with van der Waals surface area (Å²) in [7, 11) is 0. The molecular weight excluding hydrogens is 270 g/mol. The molecule has 21 heavy (non-hydrogen) atoms. The minimum absolute atomic E-state index is 0.157. The molecule has 2 rings (SSSR count). The Morgan fingerprint density at radius 2 is 2.10 bits per heavy atom. The van der Waals surface area contributed by atoms with Gasteiger partial charge < -0.3 is 15.2 Å². The highest BCUT2D eigenvalue weighted by atomic mass is 16.4. The van der Waals surface area contributed by atoms with Crippen molar-refractivity contribution in [3.05, 3.63) is 23.8 Å². The molecule has 3 N–H and O–H groups in total. The van der Waals surface area contributed by atoms with E-state index in [-0.39, 0.29) is 11.6 Å². The Kier molecular flexibility index (Phi) is 4.92. The molecule has 0 aliphatic rings. The molecule has 2 aromatic rings. The van der Waals surface area contributed by atoms with Gasteiger partial charge >= 0.3 is 6.09 Å². The van der Waals surface area contributed by atoms with Gasteiger partial charge in [0.25, 0.3) is 0 Å². The van der Waals surface area contributed by atoms with Crippen molar-refractivity contribution < 1.29 is 15.0 Å². The van der Waals surface area contributed by atoms with Crippen LogP contribution in [0.5, 0.6) is 5.88 Å². The number of aromatic amines is 1. The molecule has 6 nitrogen and oxygen atoms in total. The summed E-state index contributed by atoms with van der Waals surface area (Å²) in [6.45, 7) is 2.18. The zero-order chi connectivity index (χ0) is 15.2. The van der Waals surface area contributed by atoms with Crippen molar-refractivity contribution in [1.82, 2.24) is 4.98 Å². The minimum atomic E-state index is -1.39. The first-order valence-corrected chi connectivity index (χ1v) is 7.10. The number of H-pyrrole nitrogens is 1. The largest absolute Gasteiger partial charge is 0.493 e. The molecule has 0 atom stereocenters. The molecule has 112 valence electrons. The van der Waals surface area contributed by atoms with Crippen molar-refractivity contribution in [2.45, 2.75) is 39.0 Å². The molecule has 0 fully saturated rings. The van der Waals surface area contributed by atoms with Crippen LogP contribution in [-0.2, 0) is 6.42 Å². The maximum Gasteiger partial charge on any atom is 0.449 e. The summed E-state index contributed by atoms with van der Waals surface area (Å²) in [5.74, 6) is -0.168. The first-order valence-electron chi connectivity index (χ1n) is 7.10. The monoisotopic (exact) mass is 289 g/mol. The van der Waals surface area contributed by atoms with E-state index >= 15 is 0 Å². The summed E-state index contributed by atoms with van der Waals surface area (Å²) in [5.41, 5.74) is 2.08. The number of hydrogen-bond donors (Lipinski definition) is 3. The zero-order valence-corrected chi connectivity index (χ0v) is 12.0. The fourth-order valence-electron chi connectivity index (χ4n) is 2.32. The highest BCUT2D eigenvalue weighted by molar-refractivity contribution is 5.94. The average molecular weight is 289 g/mol. The number of hydrogen-bond acceptors (Lipinski definition) is 3. The lowest BCUT2D eigenvalue weighted by Crippen LogP contribution is -1.85. The van der Waals surface area contributed by atoms with Crippen LogP contribution in [0.15, 0.2) is 28.4 Å². The molecular formula is C15H19N3O3. The van der Waals surface area contributed by atoms with E-state index in [0.29, 0.717) is 5.39 Å². The molecule has 0 saturated carbocycles. The summed E-state index contributed by atoms with van der Waals surface area (Å²) in [4.78, 5) is 13.2. The van der Waals surface area contributed by atoms with Gasteiger partial charge in [0.2, 0.25) is 5.88 Å². The van der Waals surface area contributed by atoms with E-state index in [1.165, 1.54) is 24.8 Å². The number of aryl methyl sites for hydroxylation is 1. The summed E-state index contributed by atoms with van der Waals surface area (Å²) < 4.78 is 0. The van der Waals surface area contributed by atoms with Crippen LogP contribution >= 0.6 is 0 Å². The van der Waals surface area contributed by atoms with Gasteiger partial charge in [-0.2, -0.15) is 0 Å². The van der Waals surface area contributed by atoms with Crippen molar-refractivity contribution >= 4 is 22.7 Å². The Hall–Kier alpha value is -2.37. The molecule has 0 unspecified atom stereocenters. The third-order valence-electron chi connectivity index (χ3n) is 3.37. The maximum atomic E-state index is 10.4. The molecule has 0 bridgehead atoms. The Labute approximate surface area is 122 Å². The molecule has 6 heteroatoms. The number of carbonyl (C=O) groups is 1.